The van der Waals surface area contributed by atoms with Gasteiger partial charge in [0.25, 0.3) is 0 Å². The predicted octanol–water partition coefficient (Wildman–Crippen LogP) is 6.29. The van der Waals surface area contributed by atoms with Crippen molar-refractivity contribution in [3.8, 4) is 0 Å². The third-order valence-corrected chi connectivity index (χ3v) is 8.49. The van der Waals surface area contributed by atoms with Crippen LogP contribution in [0, 0.1) is 0 Å². The van der Waals surface area contributed by atoms with Crippen molar-refractivity contribution < 1.29 is 4.79 Å². The summed E-state index contributed by atoms with van der Waals surface area (Å²) in [5.41, 5.74) is 4.12. The first-order valence-electron chi connectivity index (χ1n) is 13.4. The van der Waals surface area contributed by atoms with Crippen molar-refractivity contribution in [2.75, 3.05) is 13.1 Å². The number of nitrogens with one attached hydrogen (secondary N) is 1. The lowest BCUT2D eigenvalue weighted by molar-refractivity contribution is -0.111. The number of nitrogens with zero attached hydrogens (tertiary/aromatic N) is 1. The van der Waals surface area contributed by atoms with Crippen LogP contribution in [0.5, 0.6) is 0 Å². The average Bonchev–Trinajstić information content (AvgIpc) is 3.76. The summed E-state index contributed by atoms with van der Waals surface area (Å²) < 4.78 is 0. The van der Waals surface area contributed by atoms with Crippen LogP contribution < -0.4 is 5.32 Å². The van der Waals surface area contributed by atoms with E-state index < -0.39 is 5.54 Å². The third-order valence-electron chi connectivity index (χ3n) is 8.49. The average molecular weight is 487 g/mol. The van der Waals surface area contributed by atoms with E-state index in [2.05, 4.69) is 132 Å². The Kier molecular flexibility index (Phi) is 6.27. The molecular weight excluding hydrogens is 452 g/mol. The van der Waals surface area contributed by atoms with E-state index in [1.165, 1.54) is 22.3 Å². The summed E-state index contributed by atoms with van der Waals surface area (Å²) in [6, 6.07) is 43.5. The summed E-state index contributed by atoms with van der Waals surface area (Å²) in [6.07, 6.45) is 4.86. The number of carbonyl (C=O) groups excluding carboxylic acids is 1. The normalized spacial score (nSPS) is 18.7. The molecule has 1 heterocycles. The highest BCUT2D eigenvalue weighted by Crippen LogP contribution is 2.48. The van der Waals surface area contributed by atoms with Gasteiger partial charge < -0.3 is 4.79 Å². The zero-order chi connectivity index (χ0) is 25.2. The molecule has 37 heavy (non-hydrogen) atoms. The molecule has 3 nitrogen and oxygen atoms in total. The molecule has 1 saturated carbocycles. The van der Waals surface area contributed by atoms with Crippen LogP contribution in [0.2, 0.25) is 0 Å². The van der Waals surface area contributed by atoms with Gasteiger partial charge in [0, 0.05) is 18.6 Å². The minimum Gasteiger partial charge on any atom is -0.301 e. The Morgan fingerprint density at radius 1 is 0.595 bits per heavy atom. The molecule has 3 heteroatoms. The molecule has 4 aromatic carbocycles. The third kappa shape index (κ3) is 4.22. The molecule has 1 aliphatic heterocycles. The van der Waals surface area contributed by atoms with Crippen LogP contribution in [-0.2, 0) is 15.9 Å². The van der Waals surface area contributed by atoms with Gasteiger partial charge in [-0.25, -0.2) is 0 Å². The first-order valence-corrected chi connectivity index (χ1v) is 13.4. The topological polar surface area (TPSA) is 32.3 Å². The first-order chi connectivity index (χ1) is 18.2. The summed E-state index contributed by atoms with van der Waals surface area (Å²) in [5, 5.41) is 3.88. The highest BCUT2D eigenvalue weighted by atomic mass is 16.1. The largest absolute Gasteiger partial charge is 0.301 e. The monoisotopic (exact) mass is 486 g/mol. The van der Waals surface area contributed by atoms with Crippen LogP contribution in [0.3, 0.4) is 0 Å². The molecule has 0 radical (unpaired) electrons. The Labute approximate surface area is 220 Å². The smallest absolute Gasteiger partial charge is 0.140 e. The maximum Gasteiger partial charge on any atom is 0.140 e. The van der Waals surface area contributed by atoms with Crippen LogP contribution in [0.4, 0.5) is 0 Å². The van der Waals surface area contributed by atoms with E-state index in [0.717, 1.165) is 45.1 Å². The van der Waals surface area contributed by atoms with Crippen LogP contribution >= 0.6 is 0 Å². The van der Waals surface area contributed by atoms with E-state index in [1.54, 1.807) is 0 Å². The molecular formula is C34H34N2O. The number of rotatable bonds is 8. The van der Waals surface area contributed by atoms with Gasteiger partial charge in [-0.2, -0.15) is 0 Å². The number of benzene rings is 4. The Bertz CT molecular complexity index is 1210. The zero-order valence-corrected chi connectivity index (χ0v) is 21.2. The minimum atomic E-state index is -0.408. The van der Waals surface area contributed by atoms with Gasteiger partial charge in [0.05, 0.1) is 11.1 Å². The second kappa shape index (κ2) is 9.74. The molecule has 0 amide bonds. The predicted molar refractivity (Wildman–Crippen MR) is 149 cm³/mol. The van der Waals surface area contributed by atoms with Gasteiger partial charge in [0.1, 0.15) is 6.29 Å². The quantitative estimate of drug-likeness (QED) is 0.235. The second-order valence-electron chi connectivity index (χ2n) is 10.6. The van der Waals surface area contributed by atoms with E-state index in [1.807, 2.05) is 0 Å². The van der Waals surface area contributed by atoms with Crippen molar-refractivity contribution in [2.45, 2.75) is 42.3 Å². The van der Waals surface area contributed by atoms with Gasteiger partial charge in [0.2, 0.25) is 0 Å². The summed E-state index contributed by atoms with van der Waals surface area (Å²) in [6.45, 7) is 1.80. The molecule has 186 valence electrons. The van der Waals surface area contributed by atoms with Gasteiger partial charge in [-0.05, 0) is 47.9 Å². The van der Waals surface area contributed by atoms with Crippen LogP contribution in [0.1, 0.15) is 47.9 Å². The fraction of sp³-hybridized carbons (Fsp3) is 0.265. The first kappa shape index (κ1) is 23.8. The van der Waals surface area contributed by atoms with E-state index in [9.17, 15) is 4.79 Å². The van der Waals surface area contributed by atoms with E-state index >= 15 is 0 Å². The maximum absolute atomic E-state index is 12.0. The lowest BCUT2D eigenvalue weighted by Crippen LogP contribution is -2.59. The molecule has 0 atom stereocenters. The Morgan fingerprint density at radius 2 is 1.00 bits per heavy atom. The number of hydrogen-bond donors (Lipinski definition) is 1. The molecule has 0 unspecified atom stereocenters. The number of carbonyl (C=O) groups is 1. The maximum atomic E-state index is 12.0. The van der Waals surface area contributed by atoms with Gasteiger partial charge in [-0.15, -0.1) is 0 Å². The number of hydrogen-bond acceptors (Lipinski definition) is 3. The van der Waals surface area contributed by atoms with Crippen LogP contribution in [0.25, 0.3) is 0 Å². The number of aldehydes is 1. The van der Waals surface area contributed by atoms with Gasteiger partial charge in [-0.3, -0.25) is 10.2 Å². The number of likely N-dealkylation sites (tertiary alicyclic amines) is 1. The SMILES string of the molecule is O=CC1(NC2(c3ccccc3)CCN(C(c3ccccc3)(c3ccccc3)c3ccccc3)CC2)CC1. The Hall–Kier alpha value is -3.53. The van der Waals surface area contributed by atoms with Crippen LogP contribution in [0.15, 0.2) is 121 Å². The zero-order valence-electron chi connectivity index (χ0n) is 21.2. The van der Waals surface area contributed by atoms with Crippen LogP contribution in [-0.4, -0.2) is 29.8 Å². The Morgan fingerprint density at radius 3 is 1.38 bits per heavy atom. The van der Waals surface area contributed by atoms with Crippen molar-refractivity contribution in [3.63, 3.8) is 0 Å². The summed E-state index contributed by atoms with van der Waals surface area (Å²) in [5.74, 6) is 0. The fourth-order valence-corrected chi connectivity index (χ4v) is 6.44. The van der Waals surface area contributed by atoms with Gasteiger partial charge in [0.15, 0.2) is 0 Å². The lowest BCUT2D eigenvalue weighted by Gasteiger charge is -2.52. The number of piperidine rings is 1. The second-order valence-corrected chi connectivity index (χ2v) is 10.6. The molecule has 1 aliphatic carbocycles. The summed E-state index contributed by atoms with van der Waals surface area (Å²) in [7, 11) is 0. The molecule has 2 fully saturated rings. The molecule has 6 rings (SSSR count). The van der Waals surface area contributed by atoms with Gasteiger partial charge in [-0.1, -0.05) is 121 Å². The standard InChI is InChI=1S/C34H34N2O/c37-27-32(21-22-32)35-33(28-13-5-1-6-14-28)23-25-36(26-24-33)34(29-15-7-2-8-16-29,30-17-9-3-10-18-30)31-19-11-4-12-20-31/h1-20,27,35H,21-26H2. The molecule has 0 aromatic heterocycles. The molecule has 4 aromatic rings. The molecule has 2 aliphatic rings. The van der Waals surface area contributed by atoms with Crippen molar-refractivity contribution in [2.24, 2.45) is 0 Å². The summed E-state index contributed by atoms with van der Waals surface area (Å²) >= 11 is 0. The highest BCUT2D eigenvalue weighted by molar-refractivity contribution is 5.69. The Balaban J connectivity index is 1.45. The van der Waals surface area contributed by atoms with Crippen molar-refractivity contribution in [1.29, 1.82) is 0 Å². The van der Waals surface area contributed by atoms with Crippen molar-refractivity contribution >= 4 is 6.29 Å². The van der Waals surface area contributed by atoms with E-state index in [4.69, 9.17) is 0 Å². The van der Waals surface area contributed by atoms with E-state index in [0.29, 0.717) is 0 Å². The van der Waals surface area contributed by atoms with E-state index in [-0.39, 0.29) is 11.1 Å². The highest BCUT2D eigenvalue weighted by Gasteiger charge is 2.52. The van der Waals surface area contributed by atoms with Crippen molar-refractivity contribution in [1.82, 2.24) is 10.2 Å². The minimum absolute atomic E-state index is 0.217. The van der Waals surface area contributed by atoms with Gasteiger partial charge >= 0.3 is 0 Å². The lowest BCUT2D eigenvalue weighted by atomic mass is 9.72. The molecule has 1 N–H and O–H groups in total. The molecule has 0 bridgehead atoms. The van der Waals surface area contributed by atoms with Crippen molar-refractivity contribution in [3.05, 3.63) is 144 Å². The summed E-state index contributed by atoms with van der Waals surface area (Å²) in [4.78, 5) is 14.7. The molecule has 0 spiro atoms. The molecule has 1 saturated heterocycles. The fourth-order valence-electron chi connectivity index (χ4n) is 6.44.